The van der Waals surface area contributed by atoms with Crippen molar-refractivity contribution in [2.24, 2.45) is 0 Å². The van der Waals surface area contributed by atoms with E-state index in [1.807, 2.05) is 6.92 Å². The van der Waals surface area contributed by atoms with E-state index in [1.54, 1.807) is 18.5 Å². The lowest BCUT2D eigenvalue weighted by atomic mass is 10.2. The Morgan fingerprint density at radius 1 is 1.28 bits per heavy atom. The average molecular weight is 266 g/mol. The fraction of sp³-hybridized carbons (Fsp3) is 0.231. The van der Waals surface area contributed by atoms with Gasteiger partial charge in [-0.05, 0) is 24.7 Å². The number of nitrogens with zero attached hydrogens (tertiary/aromatic N) is 2. The highest BCUT2D eigenvalue weighted by molar-refractivity contribution is 6.31. The predicted octanol–water partition coefficient (Wildman–Crippen LogP) is 3.05. The lowest BCUT2D eigenvalue weighted by molar-refractivity contribution is 0.628. The summed E-state index contributed by atoms with van der Waals surface area (Å²) in [7, 11) is 0. The van der Waals surface area contributed by atoms with Crippen LogP contribution >= 0.6 is 11.6 Å². The molecule has 0 aliphatic carbocycles. The van der Waals surface area contributed by atoms with Crippen LogP contribution < -0.4 is 5.32 Å². The van der Waals surface area contributed by atoms with E-state index in [4.69, 9.17) is 11.6 Å². The van der Waals surface area contributed by atoms with Crippen LogP contribution in [-0.4, -0.2) is 16.5 Å². The Morgan fingerprint density at radius 3 is 2.61 bits per heavy atom. The van der Waals surface area contributed by atoms with Gasteiger partial charge in [0.25, 0.3) is 0 Å². The summed E-state index contributed by atoms with van der Waals surface area (Å²) in [6.45, 7) is 3.67. The van der Waals surface area contributed by atoms with Gasteiger partial charge in [0, 0.05) is 30.1 Å². The summed E-state index contributed by atoms with van der Waals surface area (Å²) in [5, 5.41) is 3.27. The fourth-order valence-corrected chi connectivity index (χ4v) is 1.68. The van der Waals surface area contributed by atoms with E-state index in [-0.39, 0.29) is 5.02 Å². The summed E-state index contributed by atoms with van der Waals surface area (Å²) in [4.78, 5) is 8.48. The molecular formula is C13H13ClFN3. The second-order valence-electron chi connectivity index (χ2n) is 3.82. The smallest absolute Gasteiger partial charge is 0.159 e. The number of aromatic nitrogens is 2. The van der Waals surface area contributed by atoms with Crippen LogP contribution in [0.4, 0.5) is 4.39 Å². The van der Waals surface area contributed by atoms with Gasteiger partial charge in [0.05, 0.1) is 5.02 Å². The van der Waals surface area contributed by atoms with Crippen molar-refractivity contribution in [2.45, 2.75) is 13.5 Å². The Hall–Kier alpha value is -1.52. The zero-order chi connectivity index (χ0) is 13.0. The fourth-order valence-electron chi connectivity index (χ4n) is 1.50. The second-order valence-corrected chi connectivity index (χ2v) is 4.23. The first-order chi connectivity index (χ1) is 8.70. The third-order valence-electron chi connectivity index (χ3n) is 2.46. The molecule has 0 spiro atoms. The van der Waals surface area contributed by atoms with Crippen LogP contribution in [0.5, 0.6) is 0 Å². The zero-order valence-corrected chi connectivity index (χ0v) is 10.7. The molecule has 0 saturated carbocycles. The molecule has 0 radical (unpaired) electrons. The molecule has 0 atom stereocenters. The van der Waals surface area contributed by atoms with Crippen LogP contribution in [-0.2, 0) is 6.54 Å². The summed E-state index contributed by atoms with van der Waals surface area (Å²) in [6.07, 6.45) is 3.50. The van der Waals surface area contributed by atoms with E-state index in [1.165, 1.54) is 12.1 Å². The van der Waals surface area contributed by atoms with Gasteiger partial charge in [-0.2, -0.15) is 0 Å². The molecule has 1 heterocycles. The molecule has 94 valence electrons. The highest BCUT2D eigenvalue weighted by Crippen LogP contribution is 2.21. The Labute approximate surface area is 110 Å². The minimum absolute atomic E-state index is 0.0767. The number of rotatable bonds is 4. The molecule has 2 rings (SSSR count). The average Bonchev–Trinajstić information content (AvgIpc) is 2.40. The van der Waals surface area contributed by atoms with Crippen molar-refractivity contribution in [3.63, 3.8) is 0 Å². The molecule has 0 unspecified atom stereocenters. The first-order valence-corrected chi connectivity index (χ1v) is 6.05. The Bertz CT molecular complexity index is 528. The third-order valence-corrected chi connectivity index (χ3v) is 2.75. The van der Waals surface area contributed by atoms with E-state index in [0.717, 1.165) is 18.7 Å². The minimum atomic E-state index is -0.441. The van der Waals surface area contributed by atoms with Gasteiger partial charge in [-0.3, -0.25) is 0 Å². The number of nitrogens with one attached hydrogen (secondary N) is 1. The third kappa shape index (κ3) is 3.03. The molecular weight excluding hydrogens is 253 g/mol. The van der Waals surface area contributed by atoms with E-state index in [9.17, 15) is 4.39 Å². The van der Waals surface area contributed by atoms with Crippen molar-refractivity contribution in [1.82, 2.24) is 15.3 Å². The molecule has 0 saturated heterocycles. The van der Waals surface area contributed by atoms with Crippen molar-refractivity contribution in [3.05, 3.63) is 47.0 Å². The quantitative estimate of drug-likeness (QED) is 0.923. The molecule has 18 heavy (non-hydrogen) atoms. The molecule has 2 aromatic rings. The molecule has 1 aromatic heterocycles. The molecule has 1 aromatic carbocycles. The van der Waals surface area contributed by atoms with Crippen molar-refractivity contribution in [2.75, 3.05) is 6.54 Å². The summed E-state index contributed by atoms with van der Waals surface area (Å²) in [6, 6.07) is 4.45. The normalized spacial score (nSPS) is 10.6. The first kappa shape index (κ1) is 12.9. The van der Waals surface area contributed by atoms with Gasteiger partial charge in [-0.15, -0.1) is 0 Å². The van der Waals surface area contributed by atoms with E-state index in [0.29, 0.717) is 11.4 Å². The molecule has 0 amide bonds. The maximum Gasteiger partial charge on any atom is 0.159 e. The summed E-state index contributed by atoms with van der Waals surface area (Å²) >= 11 is 5.72. The van der Waals surface area contributed by atoms with Crippen LogP contribution in [0.25, 0.3) is 11.4 Å². The molecule has 5 heteroatoms. The van der Waals surface area contributed by atoms with Gasteiger partial charge in [-0.1, -0.05) is 18.5 Å². The number of benzene rings is 1. The number of hydrogen-bond donors (Lipinski definition) is 1. The molecule has 3 nitrogen and oxygen atoms in total. The Kier molecular flexibility index (Phi) is 4.23. The maximum absolute atomic E-state index is 13.0. The SMILES string of the molecule is CCNCc1cnc(-c2ccc(F)c(Cl)c2)nc1. The zero-order valence-electron chi connectivity index (χ0n) is 9.95. The monoisotopic (exact) mass is 265 g/mol. The lowest BCUT2D eigenvalue weighted by Crippen LogP contribution is -2.12. The van der Waals surface area contributed by atoms with Crippen molar-refractivity contribution >= 4 is 11.6 Å². The second kappa shape index (κ2) is 5.89. The minimum Gasteiger partial charge on any atom is -0.313 e. The van der Waals surface area contributed by atoms with Gasteiger partial charge < -0.3 is 5.32 Å². The summed E-state index contributed by atoms with van der Waals surface area (Å²) < 4.78 is 13.0. The van der Waals surface area contributed by atoms with Crippen molar-refractivity contribution in [3.8, 4) is 11.4 Å². The summed E-state index contributed by atoms with van der Waals surface area (Å²) in [5.41, 5.74) is 1.71. The standard InChI is InChI=1S/C13H13ClFN3/c1-2-16-6-9-7-17-13(18-8-9)10-3-4-12(15)11(14)5-10/h3-5,7-8,16H,2,6H2,1H3. The van der Waals surface area contributed by atoms with Crippen LogP contribution in [0.1, 0.15) is 12.5 Å². The van der Waals surface area contributed by atoms with E-state index in [2.05, 4.69) is 15.3 Å². The first-order valence-electron chi connectivity index (χ1n) is 5.67. The van der Waals surface area contributed by atoms with Crippen molar-refractivity contribution < 1.29 is 4.39 Å². The van der Waals surface area contributed by atoms with Crippen LogP contribution in [0, 0.1) is 5.82 Å². The van der Waals surface area contributed by atoms with Gasteiger partial charge in [0.1, 0.15) is 5.82 Å². The lowest BCUT2D eigenvalue weighted by Gasteiger charge is -2.04. The molecule has 0 fully saturated rings. The highest BCUT2D eigenvalue weighted by atomic mass is 35.5. The van der Waals surface area contributed by atoms with Crippen LogP contribution in [0.3, 0.4) is 0 Å². The van der Waals surface area contributed by atoms with E-state index < -0.39 is 5.82 Å². The number of halogens is 2. The highest BCUT2D eigenvalue weighted by Gasteiger charge is 2.05. The maximum atomic E-state index is 13.0. The van der Waals surface area contributed by atoms with Gasteiger partial charge >= 0.3 is 0 Å². The van der Waals surface area contributed by atoms with Crippen LogP contribution in [0.2, 0.25) is 5.02 Å². The molecule has 0 bridgehead atoms. The van der Waals surface area contributed by atoms with Crippen LogP contribution in [0.15, 0.2) is 30.6 Å². The van der Waals surface area contributed by atoms with Gasteiger partial charge in [0.2, 0.25) is 0 Å². The summed E-state index contributed by atoms with van der Waals surface area (Å²) in [5.74, 6) is 0.0985. The molecule has 0 aliphatic heterocycles. The van der Waals surface area contributed by atoms with Crippen molar-refractivity contribution in [1.29, 1.82) is 0 Å². The Balaban J connectivity index is 2.20. The molecule has 0 aliphatic rings. The van der Waals surface area contributed by atoms with E-state index >= 15 is 0 Å². The Morgan fingerprint density at radius 2 is 2.00 bits per heavy atom. The van der Waals surface area contributed by atoms with Gasteiger partial charge in [-0.25, -0.2) is 14.4 Å². The molecule has 1 N–H and O–H groups in total. The topological polar surface area (TPSA) is 37.8 Å². The largest absolute Gasteiger partial charge is 0.313 e. The predicted molar refractivity (Wildman–Crippen MR) is 69.8 cm³/mol. The number of hydrogen-bond acceptors (Lipinski definition) is 3. The van der Waals surface area contributed by atoms with Gasteiger partial charge in [0.15, 0.2) is 5.82 Å².